The van der Waals surface area contributed by atoms with Crippen LogP contribution in [0.25, 0.3) is 17.8 Å². The Morgan fingerprint density at radius 1 is 1.05 bits per heavy atom. The van der Waals surface area contributed by atoms with Crippen molar-refractivity contribution in [2.75, 3.05) is 0 Å². The summed E-state index contributed by atoms with van der Waals surface area (Å²) in [5.74, 6) is 0.861. The van der Waals surface area contributed by atoms with Crippen LogP contribution in [0, 0.1) is 6.92 Å². The van der Waals surface area contributed by atoms with Gasteiger partial charge in [0.05, 0.1) is 17.6 Å². The average molecular weight is 262 g/mol. The summed E-state index contributed by atoms with van der Waals surface area (Å²) in [6.07, 6.45) is 11.1. The van der Waals surface area contributed by atoms with E-state index in [4.69, 9.17) is 0 Å². The molecule has 0 radical (unpaired) electrons. The lowest BCUT2D eigenvalue weighted by Gasteiger charge is -2.04. The van der Waals surface area contributed by atoms with Gasteiger partial charge in [0.2, 0.25) is 0 Å². The van der Waals surface area contributed by atoms with E-state index in [0.29, 0.717) is 0 Å². The highest BCUT2D eigenvalue weighted by Crippen LogP contribution is 2.12. The Balaban J connectivity index is 1.91. The molecule has 0 saturated heterocycles. The molecule has 0 aliphatic heterocycles. The third-order valence-electron chi connectivity index (χ3n) is 2.88. The fourth-order valence-electron chi connectivity index (χ4n) is 1.97. The Kier molecular flexibility index (Phi) is 3.37. The molecule has 0 saturated carbocycles. The molecule has 0 atom stereocenters. The molecule has 4 heteroatoms. The molecule has 0 aliphatic carbocycles. The van der Waals surface area contributed by atoms with Crippen molar-refractivity contribution >= 4 is 12.2 Å². The van der Waals surface area contributed by atoms with Crippen molar-refractivity contribution in [3.63, 3.8) is 0 Å². The molecule has 2 aromatic heterocycles. The van der Waals surface area contributed by atoms with Crippen LogP contribution in [0.2, 0.25) is 0 Å². The number of aromatic nitrogens is 4. The normalized spacial score (nSPS) is 11.1. The molecule has 0 fully saturated rings. The Labute approximate surface area is 117 Å². The minimum Gasteiger partial charge on any atom is -0.300 e. The Bertz CT molecular complexity index is 729. The van der Waals surface area contributed by atoms with Crippen molar-refractivity contribution in [1.29, 1.82) is 0 Å². The average Bonchev–Trinajstić information content (AvgIpc) is 2.95. The molecule has 1 aromatic carbocycles. The number of benzene rings is 1. The van der Waals surface area contributed by atoms with Crippen LogP contribution in [0.5, 0.6) is 0 Å². The van der Waals surface area contributed by atoms with Crippen LogP contribution in [0.15, 0.2) is 55.1 Å². The molecule has 4 nitrogen and oxygen atoms in total. The zero-order chi connectivity index (χ0) is 13.8. The van der Waals surface area contributed by atoms with Crippen molar-refractivity contribution in [3.05, 3.63) is 72.3 Å². The maximum atomic E-state index is 4.39. The number of para-hydroxylation sites is 1. The van der Waals surface area contributed by atoms with E-state index in [9.17, 15) is 0 Å². The molecular weight excluding hydrogens is 248 g/mol. The summed E-state index contributed by atoms with van der Waals surface area (Å²) in [5, 5.41) is 0. The molecule has 0 N–H and O–H groups in total. The summed E-state index contributed by atoms with van der Waals surface area (Å²) >= 11 is 0. The predicted molar refractivity (Wildman–Crippen MR) is 79.3 cm³/mol. The minimum atomic E-state index is 0.826. The van der Waals surface area contributed by atoms with Gasteiger partial charge in [-0.2, -0.15) is 0 Å². The molecule has 3 rings (SSSR count). The van der Waals surface area contributed by atoms with Crippen molar-refractivity contribution in [2.45, 2.75) is 6.92 Å². The van der Waals surface area contributed by atoms with E-state index in [1.54, 1.807) is 18.6 Å². The highest BCUT2D eigenvalue weighted by atomic mass is 15.1. The van der Waals surface area contributed by atoms with E-state index in [1.807, 2.05) is 60.2 Å². The number of hydrogen-bond donors (Lipinski definition) is 0. The van der Waals surface area contributed by atoms with Gasteiger partial charge in [0.15, 0.2) is 0 Å². The van der Waals surface area contributed by atoms with E-state index < -0.39 is 0 Å². The second-order valence-corrected chi connectivity index (χ2v) is 4.41. The summed E-state index contributed by atoms with van der Waals surface area (Å²) in [7, 11) is 0. The van der Waals surface area contributed by atoms with E-state index in [0.717, 1.165) is 22.9 Å². The van der Waals surface area contributed by atoms with Gasteiger partial charge in [0, 0.05) is 24.3 Å². The Hall–Kier alpha value is -2.75. The van der Waals surface area contributed by atoms with Gasteiger partial charge in [-0.05, 0) is 31.2 Å². The Morgan fingerprint density at radius 3 is 2.70 bits per heavy atom. The van der Waals surface area contributed by atoms with Crippen LogP contribution in [0.4, 0.5) is 0 Å². The van der Waals surface area contributed by atoms with Crippen LogP contribution in [-0.4, -0.2) is 19.5 Å². The fourth-order valence-corrected chi connectivity index (χ4v) is 1.97. The highest BCUT2D eigenvalue weighted by Gasteiger charge is 2.01. The highest BCUT2D eigenvalue weighted by molar-refractivity contribution is 5.65. The smallest absolute Gasteiger partial charge is 0.137 e. The fraction of sp³-hybridized carbons (Fsp3) is 0.0625. The SMILES string of the molecule is Cc1cncc(/C=C/c2nccn2-c2ccccc2)n1. The zero-order valence-corrected chi connectivity index (χ0v) is 11.1. The molecule has 0 bridgehead atoms. The van der Waals surface area contributed by atoms with E-state index >= 15 is 0 Å². The van der Waals surface area contributed by atoms with Gasteiger partial charge in [-0.3, -0.25) is 9.97 Å². The van der Waals surface area contributed by atoms with Gasteiger partial charge in [-0.25, -0.2) is 4.98 Å². The third-order valence-corrected chi connectivity index (χ3v) is 2.88. The first kappa shape index (κ1) is 12.3. The molecule has 98 valence electrons. The lowest BCUT2D eigenvalue weighted by Crippen LogP contribution is -1.95. The topological polar surface area (TPSA) is 43.6 Å². The van der Waals surface area contributed by atoms with Crippen LogP contribution >= 0.6 is 0 Å². The number of aryl methyl sites for hydroxylation is 1. The largest absolute Gasteiger partial charge is 0.300 e. The van der Waals surface area contributed by atoms with Crippen LogP contribution in [0.1, 0.15) is 17.2 Å². The van der Waals surface area contributed by atoms with Crippen LogP contribution < -0.4 is 0 Å². The maximum absolute atomic E-state index is 4.39. The van der Waals surface area contributed by atoms with E-state index in [1.165, 1.54) is 0 Å². The number of imidazole rings is 1. The summed E-state index contributed by atoms with van der Waals surface area (Å²) in [6.45, 7) is 1.93. The molecule has 2 heterocycles. The molecule has 0 aliphatic rings. The van der Waals surface area contributed by atoms with Gasteiger partial charge in [0.1, 0.15) is 5.82 Å². The van der Waals surface area contributed by atoms with Gasteiger partial charge in [0.25, 0.3) is 0 Å². The van der Waals surface area contributed by atoms with Crippen molar-refractivity contribution in [2.24, 2.45) is 0 Å². The summed E-state index contributed by atoms with van der Waals surface area (Å²) in [4.78, 5) is 12.9. The molecule has 3 aromatic rings. The first-order valence-corrected chi connectivity index (χ1v) is 6.38. The lowest BCUT2D eigenvalue weighted by molar-refractivity contribution is 1.03. The molecule has 0 spiro atoms. The first-order valence-electron chi connectivity index (χ1n) is 6.38. The van der Waals surface area contributed by atoms with Crippen LogP contribution in [-0.2, 0) is 0 Å². The predicted octanol–water partition coefficient (Wildman–Crippen LogP) is 3.14. The standard InChI is InChI=1S/C16H14N4/c1-13-11-17-12-14(19-13)7-8-16-18-9-10-20(16)15-5-3-2-4-6-15/h2-12H,1H3/b8-7+. The van der Waals surface area contributed by atoms with Crippen molar-refractivity contribution < 1.29 is 0 Å². The first-order chi connectivity index (χ1) is 9.83. The third kappa shape index (κ3) is 2.64. The van der Waals surface area contributed by atoms with Crippen molar-refractivity contribution in [1.82, 2.24) is 19.5 Å². The summed E-state index contributed by atoms with van der Waals surface area (Å²) < 4.78 is 2.03. The van der Waals surface area contributed by atoms with Gasteiger partial charge in [-0.1, -0.05) is 18.2 Å². The van der Waals surface area contributed by atoms with E-state index in [-0.39, 0.29) is 0 Å². The van der Waals surface area contributed by atoms with Gasteiger partial charge in [-0.15, -0.1) is 0 Å². The number of nitrogens with zero attached hydrogens (tertiary/aromatic N) is 4. The molecule has 0 amide bonds. The van der Waals surface area contributed by atoms with Gasteiger partial charge >= 0.3 is 0 Å². The van der Waals surface area contributed by atoms with Crippen LogP contribution in [0.3, 0.4) is 0 Å². The van der Waals surface area contributed by atoms with Crippen molar-refractivity contribution in [3.8, 4) is 5.69 Å². The maximum Gasteiger partial charge on any atom is 0.137 e. The monoisotopic (exact) mass is 262 g/mol. The molecular formula is C16H14N4. The number of rotatable bonds is 3. The van der Waals surface area contributed by atoms with Gasteiger partial charge < -0.3 is 4.57 Å². The second-order valence-electron chi connectivity index (χ2n) is 4.41. The number of hydrogen-bond acceptors (Lipinski definition) is 3. The second kappa shape index (κ2) is 5.48. The minimum absolute atomic E-state index is 0.826. The molecule has 20 heavy (non-hydrogen) atoms. The zero-order valence-electron chi connectivity index (χ0n) is 11.1. The summed E-state index contributed by atoms with van der Waals surface area (Å²) in [6, 6.07) is 10.1. The van der Waals surface area contributed by atoms with E-state index in [2.05, 4.69) is 15.0 Å². The lowest BCUT2D eigenvalue weighted by atomic mass is 10.3. The quantitative estimate of drug-likeness (QED) is 0.728. The molecule has 0 unspecified atom stereocenters. The summed E-state index contributed by atoms with van der Waals surface area (Å²) in [5.41, 5.74) is 2.81. The Morgan fingerprint density at radius 2 is 1.90 bits per heavy atom.